The van der Waals surface area contributed by atoms with Crippen LogP contribution in [-0.2, 0) is 14.3 Å². The van der Waals surface area contributed by atoms with E-state index in [2.05, 4.69) is 20.9 Å². The summed E-state index contributed by atoms with van der Waals surface area (Å²) in [6.07, 6.45) is 2.41. The van der Waals surface area contributed by atoms with Crippen LogP contribution in [0.5, 0.6) is 5.75 Å². The molecule has 2 unspecified atom stereocenters. The number of carbonyl (C=O) groups excluding carboxylic acids is 2. The van der Waals surface area contributed by atoms with Gasteiger partial charge < -0.3 is 30.5 Å². The van der Waals surface area contributed by atoms with E-state index in [0.717, 1.165) is 34.1 Å². The summed E-state index contributed by atoms with van der Waals surface area (Å²) in [7, 11) is 0. The number of carbonyl (C=O) groups is 2. The minimum atomic E-state index is -0.528. The van der Waals surface area contributed by atoms with Gasteiger partial charge >= 0.3 is 6.09 Å². The van der Waals surface area contributed by atoms with Gasteiger partial charge in [0.1, 0.15) is 11.4 Å². The Morgan fingerprint density at radius 1 is 1.10 bits per heavy atom. The molecule has 1 aliphatic rings. The largest absolute Gasteiger partial charge is 0.508 e. The van der Waals surface area contributed by atoms with Crippen LogP contribution in [-0.4, -0.2) is 46.9 Å². The summed E-state index contributed by atoms with van der Waals surface area (Å²) in [5.41, 5.74) is 3.64. The molecule has 2 amide bonds. The van der Waals surface area contributed by atoms with E-state index in [0.29, 0.717) is 38.1 Å². The Kier molecular flexibility index (Phi) is 9.65. The number of amides is 2. The number of aromatic hydroxyl groups is 1. The maximum absolute atomic E-state index is 12.3. The molecular weight excluding hydrogens is 528 g/mol. The summed E-state index contributed by atoms with van der Waals surface area (Å²) >= 11 is 1.48. The molecule has 9 nitrogen and oxygen atoms in total. The lowest BCUT2D eigenvalue weighted by Gasteiger charge is -2.19. The first-order chi connectivity index (χ1) is 19.1. The third-order valence-corrected chi connectivity index (χ3v) is 7.02. The van der Waals surface area contributed by atoms with E-state index < -0.39 is 11.7 Å². The van der Waals surface area contributed by atoms with E-state index in [-0.39, 0.29) is 23.7 Å². The van der Waals surface area contributed by atoms with Crippen molar-refractivity contribution in [2.45, 2.75) is 71.0 Å². The van der Waals surface area contributed by atoms with Gasteiger partial charge in [-0.05, 0) is 70.7 Å². The smallest absolute Gasteiger partial charge is 0.407 e. The molecule has 0 spiro atoms. The molecule has 0 aliphatic heterocycles. The number of phenols is 1. The summed E-state index contributed by atoms with van der Waals surface area (Å²) in [5, 5.41) is 22.1. The molecule has 10 heteroatoms. The van der Waals surface area contributed by atoms with Crippen LogP contribution in [0.15, 0.2) is 47.8 Å². The summed E-state index contributed by atoms with van der Waals surface area (Å²) in [6, 6.07) is 13.2. The van der Waals surface area contributed by atoms with E-state index >= 15 is 0 Å². The highest BCUT2D eigenvalue weighted by atomic mass is 32.1. The molecule has 4 N–H and O–H groups in total. The van der Waals surface area contributed by atoms with E-state index in [1.54, 1.807) is 6.07 Å². The first kappa shape index (κ1) is 29.4. The molecule has 0 radical (unpaired) electrons. The fraction of sp³-hybridized carbons (Fsp3) is 0.433. The van der Waals surface area contributed by atoms with Gasteiger partial charge in [-0.15, -0.1) is 11.3 Å². The highest BCUT2D eigenvalue weighted by Crippen LogP contribution is 2.47. The fourth-order valence-corrected chi connectivity index (χ4v) is 5.02. The molecule has 214 valence electrons. The average Bonchev–Trinajstić information content (AvgIpc) is 3.48. The number of benzene rings is 2. The average molecular weight is 567 g/mol. The van der Waals surface area contributed by atoms with Crippen molar-refractivity contribution in [2.75, 3.05) is 23.8 Å². The highest BCUT2D eigenvalue weighted by Gasteiger charge is 2.40. The predicted molar refractivity (Wildman–Crippen MR) is 158 cm³/mol. The van der Waals surface area contributed by atoms with E-state index in [9.17, 15) is 14.7 Å². The van der Waals surface area contributed by atoms with Crippen LogP contribution in [0.3, 0.4) is 0 Å². The number of hydrogen-bond acceptors (Lipinski definition) is 8. The van der Waals surface area contributed by atoms with Gasteiger partial charge in [-0.3, -0.25) is 4.79 Å². The van der Waals surface area contributed by atoms with Crippen molar-refractivity contribution in [3.8, 4) is 17.0 Å². The molecule has 0 bridgehead atoms. The zero-order valence-corrected chi connectivity index (χ0v) is 24.3. The summed E-state index contributed by atoms with van der Waals surface area (Å²) in [5.74, 6) is 0.458. The van der Waals surface area contributed by atoms with Crippen molar-refractivity contribution in [1.29, 1.82) is 0 Å². The molecule has 2 atom stereocenters. The van der Waals surface area contributed by atoms with Gasteiger partial charge in [0.2, 0.25) is 5.91 Å². The molecule has 3 aromatic rings. The van der Waals surface area contributed by atoms with Gasteiger partial charge in [0.15, 0.2) is 5.13 Å². The van der Waals surface area contributed by atoms with Gasteiger partial charge in [0, 0.05) is 53.9 Å². The first-order valence-corrected chi connectivity index (χ1v) is 14.5. The number of rotatable bonds is 12. The normalized spacial score (nSPS) is 16.3. The maximum Gasteiger partial charge on any atom is 0.407 e. The monoisotopic (exact) mass is 566 g/mol. The summed E-state index contributed by atoms with van der Waals surface area (Å²) in [6.45, 7) is 8.58. The van der Waals surface area contributed by atoms with Crippen LogP contribution in [0.1, 0.15) is 64.9 Å². The molecule has 40 heavy (non-hydrogen) atoms. The number of alkyl carbamates (subject to hydrolysis) is 1. The summed E-state index contributed by atoms with van der Waals surface area (Å²) in [4.78, 5) is 28.6. The number of ether oxygens (including phenoxy) is 2. The van der Waals surface area contributed by atoms with Crippen LogP contribution in [0.25, 0.3) is 11.3 Å². The first-order valence-electron chi connectivity index (χ1n) is 13.7. The lowest BCUT2D eigenvalue weighted by molar-refractivity contribution is -0.116. The second kappa shape index (κ2) is 13.1. The van der Waals surface area contributed by atoms with Gasteiger partial charge in [-0.25, -0.2) is 9.78 Å². The van der Waals surface area contributed by atoms with E-state index in [4.69, 9.17) is 9.47 Å². The molecular formula is C30H38N4O5S. The molecule has 0 saturated heterocycles. The number of thiazole rings is 1. The Morgan fingerprint density at radius 2 is 1.85 bits per heavy atom. The Labute approximate surface area is 239 Å². The number of nitrogens with one attached hydrogen (secondary N) is 3. The number of nitrogens with zero attached hydrogens (tertiary/aromatic N) is 1. The Hall–Kier alpha value is -3.63. The van der Waals surface area contributed by atoms with Crippen molar-refractivity contribution in [2.24, 2.45) is 0 Å². The van der Waals surface area contributed by atoms with Crippen molar-refractivity contribution in [3.05, 3.63) is 53.4 Å². The van der Waals surface area contributed by atoms with Crippen LogP contribution in [0, 0.1) is 0 Å². The Bertz CT molecular complexity index is 1300. The number of phenolic OH excluding ortho intramolecular Hbond substituents is 1. The number of anilines is 3. The molecule has 1 fully saturated rings. The molecule has 1 saturated carbocycles. The predicted octanol–water partition coefficient (Wildman–Crippen LogP) is 6.79. The minimum absolute atomic E-state index is 0.0745. The number of unbranched alkanes of at least 4 members (excludes halogenated alkanes) is 1. The standard InChI is InChI=1S/C30H38N4O5S/c1-5-38-26-17-23(26)22-14-13-21(16-25(22)35)33-28-34-24(18-40-28)19-9-11-20(12-10-19)32-27(36)8-6-7-15-31-29(37)39-30(2,3)4/h9-14,16,18,23,26,35H,5-8,15,17H2,1-4H3,(H,31,37)(H,32,36)(H,33,34). The van der Waals surface area contributed by atoms with E-state index in [1.165, 1.54) is 11.3 Å². The van der Waals surface area contributed by atoms with Gasteiger partial charge in [0.25, 0.3) is 0 Å². The molecule has 1 aliphatic carbocycles. The van der Waals surface area contributed by atoms with Crippen LogP contribution in [0.2, 0.25) is 0 Å². The van der Waals surface area contributed by atoms with Crippen molar-refractivity contribution < 1.29 is 24.2 Å². The van der Waals surface area contributed by atoms with Crippen LogP contribution < -0.4 is 16.0 Å². The van der Waals surface area contributed by atoms with Crippen molar-refractivity contribution in [3.63, 3.8) is 0 Å². The second-order valence-electron chi connectivity index (χ2n) is 10.8. The molecule has 1 aromatic heterocycles. The van der Waals surface area contributed by atoms with Gasteiger partial charge in [-0.2, -0.15) is 0 Å². The zero-order valence-electron chi connectivity index (χ0n) is 23.5. The maximum atomic E-state index is 12.3. The lowest BCUT2D eigenvalue weighted by Crippen LogP contribution is -2.33. The summed E-state index contributed by atoms with van der Waals surface area (Å²) < 4.78 is 10.8. The third kappa shape index (κ3) is 8.69. The molecule has 4 rings (SSSR count). The second-order valence-corrected chi connectivity index (χ2v) is 11.6. The van der Waals surface area contributed by atoms with Gasteiger partial charge in [-0.1, -0.05) is 18.2 Å². The number of hydrogen-bond donors (Lipinski definition) is 4. The SMILES string of the molecule is CCOC1CC1c1ccc(Nc2nc(-c3ccc(NC(=O)CCCCNC(=O)OC(C)(C)C)cc3)cs2)cc1O. The minimum Gasteiger partial charge on any atom is -0.508 e. The number of aromatic nitrogens is 1. The Morgan fingerprint density at radius 3 is 2.55 bits per heavy atom. The van der Waals surface area contributed by atoms with E-state index in [1.807, 2.05) is 69.5 Å². The fourth-order valence-electron chi connectivity index (χ4n) is 4.28. The van der Waals surface area contributed by atoms with Crippen molar-refractivity contribution in [1.82, 2.24) is 10.3 Å². The quantitative estimate of drug-likeness (QED) is 0.178. The molecule has 2 aromatic carbocycles. The van der Waals surface area contributed by atoms with Gasteiger partial charge in [0.05, 0.1) is 11.8 Å². The van der Waals surface area contributed by atoms with Crippen molar-refractivity contribution >= 4 is 39.8 Å². The Balaban J connectivity index is 1.21. The lowest BCUT2D eigenvalue weighted by atomic mass is 10.1. The third-order valence-electron chi connectivity index (χ3n) is 6.26. The highest BCUT2D eigenvalue weighted by molar-refractivity contribution is 7.14. The topological polar surface area (TPSA) is 122 Å². The van der Waals surface area contributed by atoms with Crippen LogP contribution >= 0.6 is 11.3 Å². The van der Waals surface area contributed by atoms with Crippen LogP contribution in [0.4, 0.5) is 21.3 Å². The molecule has 1 heterocycles. The zero-order chi connectivity index (χ0) is 28.7.